The summed E-state index contributed by atoms with van der Waals surface area (Å²) in [5.74, 6) is -0.402. The van der Waals surface area contributed by atoms with Crippen molar-refractivity contribution in [1.29, 1.82) is 0 Å². The Hall–Kier alpha value is -1.58. The predicted molar refractivity (Wildman–Crippen MR) is 65.7 cm³/mol. The van der Waals surface area contributed by atoms with Crippen LogP contribution in [0.3, 0.4) is 0 Å². The molecule has 0 heterocycles. The lowest BCUT2D eigenvalue weighted by Gasteiger charge is -2.11. The van der Waals surface area contributed by atoms with Crippen molar-refractivity contribution in [2.75, 3.05) is 19.0 Å². The number of carbonyl (C=O) groups is 1. The van der Waals surface area contributed by atoms with Gasteiger partial charge in [0.15, 0.2) is 0 Å². The molecule has 0 fully saturated rings. The number of benzene rings is 1. The quantitative estimate of drug-likeness (QED) is 0.802. The van der Waals surface area contributed by atoms with Crippen molar-refractivity contribution < 1.29 is 13.9 Å². The molecule has 0 saturated heterocycles. The van der Waals surface area contributed by atoms with Crippen molar-refractivity contribution >= 4 is 11.7 Å². The third-order valence-corrected chi connectivity index (χ3v) is 2.42. The predicted octanol–water partition coefficient (Wildman–Crippen LogP) is 3.07. The lowest BCUT2D eigenvalue weighted by atomic mass is 10.1. The van der Waals surface area contributed by atoms with Gasteiger partial charge in [-0.1, -0.05) is 13.8 Å². The molecule has 1 rings (SSSR count). The summed E-state index contributed by atoms with van der Waals surface area (Å²) in [5, 5.41) is 3.12. The summed E-state index contributed by atoms with van der Waals surface area (Å²) in [7, 11) is 1.28. The number of esters is 1. The minimum absolute atomic E-state index is 0.233. The molecule has 0 aliphatic carbocycles. The maximum absolute atomic E-state index is 13.1. The van der Waals surface area contributed by atoms with E-state index < -0.39 is 11.8 Å². The van der Waals surface area contributed by atoms with E-state index in [0.29, 0.717) is 11.6 Å². The number of hydrogen-bond acceptors (Lipinski definition) is 3. The highest BCUT2D eigenvalue weighted by molar-refractivity contribution is 5.95. The van der Waals surface area contributed by atoms with Crippen molar-refractivity contribution in [1.82, 2.24) is 0 Å². The van der Waals surface area contributed by atoms with E-state index in [4.69, 9.17) is 0 Å². The maximum Gasteiger partial charge on any atom is 0.340 e. The summed E-state index contributed by atoms with van der Waals surface area (Å²) in [6.07, 6.45) is 0.984. The topological polar surface area (TPSA) is 38.3 Å². The molecule has 0 aliphatic rings. The Balaban J connectivity index is 2.79. The first-order valence-electron chi connectivity index (χ1n) is 5.66. The molecule has 0 unspecified atom stereocenters. The largest absolute Gasteiger partial charge is 0.465 e. The van der Waals surface area contributed by atoms with Crippen molar-refractivity contribution in [3.63, 3.8) is 0 Å². The van der Waals surface area contributed by atoms with Crippen LogP contribution in [0.25, 0.3) is 0 Å². The van der Waals surface area contributed by atoms with Crippen LogP contribution in [0, 0.1) is 11.7 Å². The van der Waals surface area contributed by atoms with Crippen molar-refractivity contribution in [2.45, 2.75) is 20.3 Å². The number of nitrogens with one attached hydrogen (secondary N) is 1. The zero-order chi connectivity index (χ0) is 12.8. The smallest absolute Gasteiger partial charge is 0.340 e. The summed E-state index contributed by atoms with van der Waals surface area (Å²) in [6, 6.07) is 4.07. The molecule has 94 valence electrons. The molecule has 0 atom stereocenters. The molecule has 0 spiro atoms. The number of carbonyl (C=O) groups excluding carboxylic acids is 1. The monoisotopic (exact) mass is 239 g/mol. The number of hydrogen-bond donors (Lipinski definition) is 1. The van der Waals surface area contributed by atoms with Crippen LogP contribution in [0.4, 0.5) is 10.1 Å². The lowest BCUT2D eigenvalue weighted by molar-refractivity contribution is 0.0601. The Morgan fingerprint density at radius 1 is 1.47 bits per heavy atom. The Morgan fingerprint density at radius 2 is 2.18 bits per heavy atom. The van der Waals surface area contributed by atoms with Crippen LogP contribution in [-0.2, 0) is 4.74 Å². The first kappa shape index (κ1) is 13.5. The number of ether oxygens (including phenoxy) is 1. The fourth-order valence-corrected chi connectivity index (χ4v) is 1.44. The zero-order valence-corrected chi connectivity index (χ0v) is 10.4. The number of methoxy groups -OCH3 is 1. The van der Waals surface area contributed by atoms with Crippen LogP contribution >= 0.6 is 0 Å². The van der Waals surface area contributed by atoms with Crippen LogP contribution in [0.2, 0.25) is 0 Å². The summed E-state index contributed by atoms with van der Waals surface area (Å²) >= 11 is 0. The summed E-state index contributed by atoms with van der Waals surface area (Å²) < 4.78 is 17.7. The highest BCUT2D eigenvalue weighted by atomic mass is 19.1. The Morgan fingerprint density at radius 3 is 2.76 bits per heavy atom. The Bertz CT molecular complexity index is 391. The van der Waals surface area contributed by atoms with E-state index in [1.165, 1.54) is 19.2 Å². The molecule has 3 nitrogen and oxygen atoms in total. The average molecular weight is 239 g/mol. The molecule has 0 amide bonds. The van der Waals surface area contributed by atoms with Crippen molar-refractivity contribution in [3.8, 4) is 0 Å². The molecule has 0 radical (unpaired) electrons. The minimum atomic E-state index is -0.531. The van der Waals surface area contributed by atoms with Gasteiger partial charge in [-0.05, 0) is 30.5 Å². The average Bonchev–Trinajstić information content (AvgIpc) is 2.29. The van der Waals surface area contributed by atoms with Gasteiger partial charge in [0, 0.05) is 12.2 Å². The summed E-state index contributed by atoms with van der Waals surface area (Å²) in [4.78, 5) is 11.5. The highest BCUT2D eigenvalue weighted by Gasteiger charge is 2.12. The fourth-order valence-electron chi connectivity index (χ4n) is 1.44. The van der Waals surface area contributed by atoms with Crippen LogP contribution in [0.1, 0.15) is 30.6 Å². The van der Waals surface area contributed by atoms with Gasteiger partial charge in [0.25, 0.3) is 0 Å². The van der Waals surface area contributed by atoms with Gasteiger partial charge in [-0.2, -0.15) is 0 Å². The first-order valence-corrected chi connectivity index (χ1v) is 5.66. The zero-order valence-electron chi connectivity index (χ0n) is 10.4. The van der Waals surface area contributed by atoms with Crippen molar-refractivity contribution in [2.24, 2.45) is 5.92 Å². The van der Waals surface area contributed by atoms with E-state index in [1.54, 1.807) is 6.07 Å². The minimum Gasteiger partial charge on any atom is -0.465 e. The van der Waals surface area contributed by atoms with Gasteiger partial charge in [0.2, 0.25) is 0 Å². The Kier molecular flexibility index (Phi) is 4.94. The molecule has 1 N–H and O–H groups in total. The lowest BCUT2D eigenvalue weighted by Crippen LogP contribution is -2.11. The van der Waals surface area contributed by atoms with Crippen molar-refractivity contribution in [3.05, 3.63) is 29.6 Å². The molecular formula is C13H18FNO2. The number of rotatable bonds is 5. The van der Waals surface area contributed by atoms with Gasteiger partial charge in [-0.3, -0.25) is 0 Å². The molecule has 1 aromatic carbocycles. The molecule has 4 heteroatoms. The maximum atomic E-state index is 13.1. The second kappa shape index (κ2) is 6.23. The van der Waals surface area contributed by atoms with Crippen LogP contribution in [0.15, 0.2) is 18.2 Å². The van der Waals surface area contributed by atoms with Crippen LogP contribution < -0.4 is 5.32 Å². The number of halogens is 1. The second-order valence-electron chi connectivity index (χ2n) is 4.29. The van der Waals surface area contributed by atoms with Gasteiger partial charge in [0.05, 0.1) is 12.7 Å². The summed E-state index contributed by atoms with van der Waals surface area (Å²) in [6.45, 7) is 4.98. The van der Waals surface area contributed by atoms with Gasteiger partial charge in [-0.15, -0.1) is 0 Å². The molecule has 17 heavy (non-hydrogen) atoms. The molecule has 0 saturated carbocycles. The third-order valence-electron chi connectivity index (χ3n) is 2.42. The molecule has 1 aromatic rings. The Labute approximate surface area is 101 Å². The number of anilines is 1. The van der Waals surface area contributed by atoms with Gasteiger partial charge >= 0.3 is 5.97 Å². The SMILES string of the molecule is COC(=O)c1cc(F)ccc1NCCC(C)C. The summed E-state index contributed by atoms with van der Waals surface area (Å²) in [5.41, 5.74) is 0.843. The van der Waals surface area contributed by atoms with Crippen LogP contribution in [0.5, 0.6) is 0 Å². The van der Waals surface area contributed by atoms with E-state index in [2.05, 4.69) is 23.9 Å². The normalized spacial score (nSPS) is 10.4. The van der Waals surface area contributed by atoms with Gasteiger partial charge in [-0.25, -0.2) is 9.18 Å². The highest BCUT2D eigenvalue weighted by Crippen LogP contribution is 2.18. The van der Waals surface area contributed by atoms with Crippen LogP contribution in [-0.4, -0.2) is 19.6 Å². The molecule has 0 aliphatic heterocycles. The second-order valence-corrected chi connectivity index (χ2v) is 4.29. The molecule has 0 bridgehead atoms. The fraction of sp³-hybridized carbons (Fsp3) is 0.462. The molecule has 0 aromatic heterocycles. The standard InChI is InChI=1S/C13H18FNO2/c1-9(2)6-7-15-12-5-4-10(14)8-11(12)13(16)17-3/h4-5,8-9,15H,6-7H2,1-3H3. The van der Waals surface area contributed by atoms with E-state index in [1.807, 2.05) is 0 Å². The first-order chi connectivity index (χ1) is 8.04. The van der Waals surface area contributed by atoms with Gasteiger partial charge < -0.3 is 10.1 Å². The molecular weight excluding hydrogens is 221 g/mol. The third kappa shape index (κ3) is 4.06. The van der Waals surface area contributed by atoms with E-state index in [0.717, 1.165) is 13.0 Å². The van der Waals surface area contributed by atoms with E-state index in [-0.39, 0.29) is 5.56 Å². The van der Waals surface area contributed by atoms with Gasteiger partial charge in [0.1, 0.15) is 5.82 Å². The van der Waals surface area contributed by atoms with E-state index >= 15 is 0 Å². The van der Waals surface area contributed by atoms with E-state index in [9.17, 15) is 9.18 Å².